The molecule has 6 atom stereocenters. The van der Waals surface area contributed by atoms with Crippen molar-refractivity contribution in [3.05, 3.63) is 34.7 Å². The second-order valence-corrected chi connectivity index (χ2v) is 12.7. The molecular weight excluding hydrogens is 560 g/mol. The van der Waals surface area contributed by atoms with E-state index >= 15 is 0 Å². The van der Waals surface area contributed by atoms with Crippen molar-refractivity contribution in [3.63, 3.8) is 0 Å². The lowest BCUT2D eigenvalue weighted by Crippen LogP contribution is -2.74. The first-order valence-electron chi connectivity index (χ1n) is 12.7. The number of Topliss-reactive ketones (excluding diaryl/α,β-unsaturated/α-hetero) is 4. The molecule has 2 fully saturated rings. The van der Waals surface area contributed by atoms with E-state index in [9.17, 15) is 42.6 Å². The zero-order valence-corrected chi connectivity index (χ0v) is 23.3. The lowest BCUT2D eigenvalue weighted by molar-refractivity contribution is -0.181. The van der Waals surface area contributed by atoms with Gasteiger partial charge in [0.1, 0.15) is 5.69 Å². The SMILES string of the molecule is Cc1noc(C)c1S(=O)(=O)Nc1ccc2c(c1O)C(=O)C1C(=O)C3(O)C(=O)C(C(N)=O)C(=O)C(N(C)C)C3CC1C2. The number of carbonyl (C=O) groups excluding carboxylic acids is 5. The largest absolute Gasteiger partial charge is 0.505 e. The van der Waals surface area contributed by atoms with Crippen LogP contribution in [0, 0.1) is 37.5 Å². The van der Waals surface area contributed by atoms with Gasteiger partial charge in [-0.25, -0.2) is 8.42 Å². The highest BCUT2D eigenvalue weighted by Crippen LogP contribution is 2.51. The van der Waals surface area contributed by atoms with Crippen LogP contribution in [0.5, 0.6) is 5.75 Å². The van der Waals surface area contributed by atoms with Gasteiger partial charge in [-0.3, -0.25) is 33.6 Å². The highest BCUT2D eigenvalue weighted by Gasteiger charge is 2.69. The lowest BCUT2D eigenvalue weighted by Gasteiger charge is -2.52. The number of sulfonamides is 1. The third-order valence-corrected chi connectivity index (χ3v) is 10.0. The Labute approximate surface area is 233 Å². The van der Waals surface area contributed by atoms with Crippen molar-refractivity contribution in [2.24, 2.45) is 29.4 Å². The maximum absolute atomic E-state index is 13.9. The molecule has 15 heteroatoms. The molecule has 5 N–H and O–H groups in total. The van der Waals surface area contributed by atoms with Crippen molar-refractivity contribution < 1.29 is 47.1 Å². The Hall–Kier alpha value is -3.95. The zero-order chi connectivity index (χ0) is 30.3. The topological polar surface area (TPSA) is 227 Å². The zero-order valence-electron chi connectivity index (χ0n) is 22.5. The number of nitrogens with zero attached hydrogens (tertiary/aromatic N) is 2. The normalized spacial score (nSPS) is 29.7. The van der Waals surface area contributed by atoms with Gasteiger partial charge in [0.15, 0.2) is 51.1 Å². The second-order valence-electron chi connectivity index (χ2n) is 11.0. The molecule has 2 saturated carbocycles. The molecule has 3 aliphatic rings. The summed E-state index contributed by atoms with van der Waals surface area (Å²) in [6.07, 6.45) is -0.0403. The summed E-state index contributed by atoms with van der Waals surface area (Å²) in [5, 5.41) is 26.3. The molecule has 2 aromatic rings. The lowest BCUT2D eigenvalue weighted by atomic mass is 9.52. The fraction of sp³-hybridized carbons (Fsp3) is 0.462. The number of ketones is 4. The van der Waals surface area contributed by atoms with Crippen LogP contribution >= 0.6 is 0 Å². The van der Waals surface area contributed by atoms with Gasteiger partial charge in [-0.05, 0) is 58.3 Å². The fourth-order valence-electron chi connectivity index (χ4n) is 6.72. The Morgan fingerprint density at radius 3 is 2.39 bits per heavy atom. The van der Waals surface area contributed by atoms with E-state index in [4.69, 9.17) is 10.3 Å². The first kappa shape index (κ1) is 28.6. The van der Waals surface area contributed by atoms with Crippen LogP contribution in [-0.2, 0) is 35.6 Å². The number of hydrogen-bond acceptors (Lipinski definition) is 12. The van der Waals surface area contributed by atoms with E-state index in [1.54, 1.807) is 0 Å². The number of nitrogens with one attached hydrogen (secondary N) is 1. The van der Waals surface area contributed by atoms with E-state index in [2.05, 4.69) is 9.88 Å². The molecule has 0 saturated heterocycles. The number of phenolic OH excluding ortho intramolecular Hbond substituents is 1. The number of aryl methyl sites for hydroxylation is 2. The summed E-state index contributed by atoms with van der Waals surface area (Å²) in [5.41, 5.74) is 2.16. The summed E-state index contributed by atoms with van der Waals surface area (Å²) in [7, 11) is -1.31. The van der Waals surface area contributed by atoms with Crippen molar-refractivity contribution in [3.8, 4) is 5.75 Å². The average Bonchev–Trinajstić information content (AvgIpc) is 3.21. The summed E-state index contributed by atoms with van der Waals surface area (Å²) in [6, 6.07) is 1.50. The van der Waals surface area contributed by atoms with Crippen LogP contribution < -0.4 is 10.5 Å². The second kappa shape index (κ2) is 9.29. The van der Waals surface area contributed by atoms with Crippen LogP contribution in [0.25, 0.3) is 0 Å². The number of rotatable bonds is 5. The van der Waals surface area contributed by atoms with Crippen LogP contribution in [0.3, 0.4) is 0 Å². The van der Waals surface area contributed by atoms with Crippen molar-refractivity contribution >= 4 is 44.8 Å². The minimum atomic E-state index is -4.31. The van der Waals surface area contributed by atoms with Gasteiger partial charge in [-0.15, -0.1) is 0 Å². The molecule has 14 nitrogen and oxygen atoms in total. The van der Waals surface area contributed by atoms with Gasteiger partial charge in [0, 0.05) is 5.92 Å². The van der Waals surface area contributed by atoms with Crippen LogP contribution in [0.4, 0.5) is 5.69 Å². The summed E-state index contributed by atoms with van der Waals surface area (Å²) in [6.45, 7) is 2.80. The van der Waals surface area contributed by atoms with Crippen LogP contribution in [-0.4, -0.2) is 83.5 Å². The smallest absolute Gasteiger partial charge is 0.267 e. The Bertz CT molecular complexity index is 1640. The van der Waals surface area contributed by atoms with Crippen LogP contribution in [0.1, 0.15) is 33.8 Å². The van der Waals surface area contributed by atoms with E-state index in [1.165, 1.54) is 45.0 Å². The molecule has 0 spiro atoms. The predicted octanol–water partition coefficient (Wildman–Crippen LogP) is -0.727. The molecular formula is C26H28N4O10S. The number of hydrogen-bond donors (Lipinski definition) is 4. The number of fused-ring (bicyclic) bond motifs is 3. The molecule has 1 aromatic heterocycles. The van der Waals surface area contributed by atoms with E-state index in [-0.39, 0.29) is 40.4 Å². The monoisotopic (exact) mass is 588 g/mol. The van der Waals surface area contributed by atoms with E-state index in [0.29, 0.717) is 5.56 Å². The van der Waals surface area contributed by atoms with Crippen LogP contribution in [0.2, 0.25) is 0 Å². The van der Waals surface area contributed by atoms with Gasteiger partial charge in [0.05, 0.1) is 23.2 Å². The summed E-state index contributed by atoms with van der Waals surface area (Å²) in [4.78, 5) is 67.3. The molecule has 218 valence electrons. The Kier molecular flexibility index (Phi) is 6.47. The summed E-state index contributed by atoms with van der Waals surface area (Å²) >= 11 is 0. The van der Waals surface area contributed by atoms with Gasteiger partial charge in [-0.1, -0.05) is 11.2 Å². The quantitative estimate of drug-likeness (QED) is 0.250. The van der Waals surface area contributed by atoms with Crippen molar-refractivity contribution in [1.82, 2.24) is 10.1 Å². The van der Waals surface area contributed by atoms with Gasteiger partial charge >= 0.3 is 0 Å². The molecule has 0 aliphatic heterocycles. The number of aromatic nitrogens is 1. The number of aromatic hydroxyl groups is 1. The predicted molar refractivity (Wildman–Crippen MR) is 138 cm³/mol. The number of benzene rings is 1. The molecule has 0 radical (unpaired) electrons. The van der Waals surface area contributed by atoms with E-state index in [0.717, 1.165) is 0 Å². The molecule has 1 amide bonds. The Balaban J connectivity index is 1.57. The molecule has 41 heavy (non-hydrogen) atoms. The van der Waals surface area contributed by atoms with E-state index in [1.807, 2.05) is 0 Å². The maximum Gasteiger partial charge on any atom is 0.267 e. The van der Waals surface area contributed by atoms with Gasteiger partial charge in [0.2, 0.25) is 5.91 Å². The third-order valence-electron chi connectivity index (χ3n) is 8.41. The number of primary amides is 1. The number of carbonyl (C=O) groups is 5. The standard InChI is InChI=1S/C26H28N4O10S/c1-9-22(10(2)40-28-9)41(38,39)29-14-6-5-11-7-12-8-13-18(30(3)4)21(33)17(25(27)36)24(35)26(13,37)23(34)16(12)20(32)15(11)19(14)31/h5-6,12-13,16-18,29,31,37H,7-8H2,1-4H3,(H2,27,36). The van der Waals surface area contributed by atoms with Crippen molar-refractivity contribution in [1.29, 1.82) is 0 Å². The minimum Gasteiger partial charge on any atom is -0.505 e. The molecule has 5 rings (SSSR count). The number of amides is 1. The Morgan fingerprint density at radius 1 is 1.17 bits per heavy atom. The van der Waals surface area contributed by atoms with Gasteiger partial charge in [0.25, 0.3) is 10.0 Å². The highest BCUT2D eigenvalue weighted by atomic mass is 32.2. The molecule has 3 aliphatic carbocycles. The van der Waals surface area contributed by atoms with Crippen LogP contribution in [0.15, 0.2) is 21.6 Å². The number of phenols is 1. The molecule has 0 bridgehead atoms. The number of likely N-dealkylation sites (N-methyl/N-ethyl adjacent to an activating group) is 1. The molecule has 6 unspecified atom stereocenters. The van der Waals surface area contributed by atoms with Gasteiger partial charge < -0.3 is 20.5 Å². The van der Waals surface area contributed by atoms with Crippen molar-refractivity contribution in [2.45, 2.75) is 43.2 Å². The average molecular weight is 589 g/mol. The highest BCUT2D eigenvalue weighted by molar-refractivity contribution is 7.92. The first-order valence-corrected chi connectivity index (χ1v) is 14.2. The van der Waals surface area contributed by atoms with Crippen molar-refractivity contribution in [2.75, 3.05) is 18.8 Å². The third kappa shape index (κ3) is 3.94. The maximum atomic E-state index is 13.9. The molecule has 1 heterocycles. The summed E-state index contributed by atoms with van der Waals surface area (Å²) < 4.78 is 33.2. The summed E-state index contributed by atoms with van der Waals surface area (Å²) in [5.74, 6) is -12.0. The first-order chi connectivity index (χ1) is 19.0. The number of anilines is 1. The van der Waals surface area contributed by atoms with Gasteiger partial charge in [-0.2, -0.15) is 0 Å². The minimum absolute atomic E-state index is 0.00268. The number of nitrogens with two attached hydrogens (primary N) is 1. The fourth-order valence-corrected chi connectivity index (χ4v) is 8.12. The molecule has 1 aromatic carbocycles. The Morgan fingerprint density at radius 2 is 1.83 bits per heavy atom. The number of aliphatic hydroxyl groups is 1. The van der Waals surface area contributed by atoms with E-state index < -0.39 is 80.1 Å².